The lowest BCUT2D eigenvalue weighted by molar-refractivity contribution is 0.171. The van der Waals surface area contributed by atoms with Gasteiger partial charge in [-0.1, -0.05) is 70.2 Å². The summed E-state index contributed by atoms with van der Waals surface area (Å²) in [6.45, 7) is 8.82. The second kappa shape index (κ2) is 11.2. The normalized spacial score (nSPS) is 12.0. The van der Waals surface area contributed by atoms with Gasteiger partial charge in [-0.05, 0) is 60.7 Å². The summed E-state index contributed by atoms with van der Waals surface area (Å²) in [7, 11) is 0. The summed E-state index contributed by atoms with van der Waals surface area (Å²) in [5, 5.41) is 3.62. The first kappa shape index (κ1) is 25.2. The molecule has 6 nitrogen and oxygen atoms in total. The van der Waals surface area contributed by atoms with Crippen LogP contribution in [0.1, 0.15) is 51.5 Å². The third kappa shape index (κ3) is 5.33. The minimum absolute atomic E-state index is 0.139. The number of anilines is 1. The topological polar surface area (TPSA) is 67.2 Å². The van der Waals surface area contributed by atoms with E-state index in [2.05, 4.69) is 26.1 Å². The summed E-state index contributed by atoms with van der Waals surface area (Å²) < 4.78 is 1.66. The third-order valence-corrected chi connectivity index (χ3v) is 6.31. The summed E-state index contributed by atoms with van der Waals surface area (Å²) in [6.07, 6.45) is 1.54. The maximum Gasteiger partial charge on any atom is 0.322 e. The molecular formula is C30H34N4O2. The number of fused-ring (bicyclic) bond motifs is 1. The average molecular weight is 483 g/mol. The van der Waals surface area contributed by atoms with Crippen molar-refractivity contribution in [1.82, 2.24) is 14.5 Å². The first-order valence-corrected chi connectivity index (χ1v) is 12.7. The fourth-order valence-electron chi connectivity index (χ4n) is 4.51. The molecule has 4 rings (SSSR count). The highest BCUT2D eigenvalue weighted by Gasteiger charge is 2.29. The Morgan fingerprint density at radius 2 is 1.61 bits per heavy atom. The SMILES string of the molecule is CCc1ccc(NC(=O)N(CC(C)C)C(CC)c2nc3ccccc3c(=O)n2-c2ccccc2)cc1. The smallest absolute Gasteiger partial charge is 0.314 e. The highest BCUT2D eigenvalue weighted by Crippen LogP contribution is 2.27. The summed E-state index contributed by atoms with van der Waals surface area (Å²) >= 11 is 0. The van der Waals surface area contributed by atoms with Crippen LogP contribution in [0.3, 0.4) is 0 Å². The molecule has 1 atom stereocenters. The number of amides is 2. The molecule has 186 valence electrons. The van der Waals surface area contributed by atoms with Crippen molar-refractivity contribution >= 4 is 22.6 Å². The average Bonchev–Trinajstić information content (AvgIpc) is 2.89. The highest BCUT2D eigenvalue weighted by atomic mass is 16.2. The Morgan fingerprint density at radius 3 is 2.25 bits per heavy atom. The van der Waals surface area contributed by atoms with Gasteiger partial charge in [-0.3, -0.25) is 9.36 Å². The number of nitrogens with zero attached hydrogens (tertiary/aromatic N) is 3. The summed E-state index contributed by atoms with van der Waals surface area (Å²) in [5.41, 5.74) is 3.18. The molecule has 3 aromatic carbocycles. The van der Waals surface area contributed by atoms with Crippen molar-refractivity contribution in [3.05, 3.63) is 101 Å². The molecule has 1 N–H and O–H groups in total. The van der Waals surface area contributed by atoms with Crippen LogP contribution < -0.4 is 10.9 Å². The van der Waals surface area contributed by atoms with Crippen LogP contribution in [-0.4, -0.2) is 27.0 Å². The number of carbonyl (C=O) groups excluding carboxylic acids is 1. The Hall–Kier alpha value is -3.93. The summed E-state index contributed by atoms with van der Waals surface area (Å²) in [4.78, 5) is 34.2. The Kier molecular flexibility index (Phi) is 7.84. The number of hydrogen-bond acceptors (Lipinski definition) is 3. The van der Waals surface area contributed by atoms with Crippen LogP contribution in [0.4, 0.5) is 10.5 Å². The number of benzene rings is 3. The van der Waals surface area contributed by atoms with Crippen LogP contribution in [0.5, 0.6) is 0 Å². The lowest BCUT2D eigenvalue weighted by atomic mass is 10.1. The van der Waals surface area contributed by atoms with E-state index in [4.69, 9.17) is 4.98 Å². The first-order valence-electron chi connectivity index (χ1n) is 12.7. The fraction of sp³-hybridized carbons (Fsp3) is 0.300. The van der Waals surface area contributed by atoms with E-state index in [0.717, 1.165) is 17.8 Å². The molecule has 0 saturated heterocycles. The number of aryl methyl sites for hydroxylation is 1. The number of aromatic nitrogens is 2. The number of nitrogens with one attached hydrogen (secondary N) is 1. The van der Waals surface area contributed by atoms with Crippen molar-refractivity contribution in [3.8, 4) is 5.69 Å². The molecule has 6 heteroatoms. The molecule has 0 bridgehead atoms. The van der Waals surface area contributed by atoms with E-state index in [1.807, 2.05) is 84.6 Å². The van der Waals surface area contributed by atoms with Crippen LogP contribution in [0.2, 0.25) is 0 Å². The maximum atomic E-state index is 13.7. The van der Waals surface area contributed by atoms with Gasteiger partial charge in [0.05, 0.1) is 22.6 Å². The Bertz CT molecular complexity index is 1380. The van der Waals surface area contributed by atoms with E-state index >= 15 is 0 Å². The molecule has 0 radical (unpaired) electrons. The number of para-hydroxylation sites is 2. The monoisotopic (exact) mass is 482 g/mol. The molecular weight excluding hydrogens is 448 g/mol. The van der Waals surface area contributed by atoms with Crippen LogP contribution in [0.15, 0.2) is 83.7 Å². The van der Waals surface area contributed by atoms with Gasteiger partial charge >= 0.3 is 6.03 Å². The van der Waals surface area contributed by atoms with Crippen molar-refractivity contribution in [2.45, 2.75) is 46.6 Å². The lowest BCUT2D eigenvalue weighted by Crippen LogP contribution is -2.42. The first-order chi connectivity index (χ1) is 17.4. The standard InChI is InChI=1S/C30H34N4O2/c1-5-22-16-18-23(19-17-22)31-30(36)33(20-21(3)4)27(6-2)28-32-26-15-11-10-14-25(26)29(35)34(28)24-12-8-7-9-13-24/h7-19,21,27H,5-6,20H2,1-4H3,(H,31,36). The second-order valence-corrected chi connectivity index (χ2v) is 9.41. The van der Waals surface area contributed by atoms with Crippen LogP contribution in [0, 0.1) is 5.92 Å². The van der Waals surface area contributed by atoms with Crippen molar-refractivity contribution in [1.29, 1.82) is 0 Å². The largest absolute Gasteiger partial charge is 0.322 e. The zero-order valence-corrected chi connectivity index (χ0v) is 21.4. The zero-order valence-electron chi connectivity index (χ0n) is 21.4. The molecule has 36 heavy (non-hydrogen) atoms. The van der Waals surface area contributed by atoms with Crippen LogP contribution in [0.25, 0.3) is 16.6 Å². The van der Waals surface area contributed by atoms with Gasteiger partial charge in [0.2, 0.25) is 0 Å². The van der Waals surface area contributed by atoms with E-state index < -0.39 is 6.04 Å². The predicted molar refractivity (Wildman–Crippen MR) is 147 cm³/mol. The third-order valence-electron chi connectivity index (χ3n) is 6.31. The van der Waals surface area contributed by atoms with Gasteiger partial charge in [0.15, 0.2) is 0 Å². The summed E-state index contributed by atoms with van der Waals surface area (Å²) in [5.74, 6) is 0.786. The van der Waals surface area contributed by atoms with E-state index in [1.165, 1.54) is 5.56 Å². The number of urea groups is 1. The molecule has 4 aromatic rings. The van der Waals surface area contributed by atoms with Crippen molar-refractivity contribution in [2.24, 2.45) is 5.92 Å². The highest BCUT2D eigenvalue weighted by molar-refractivity contribution is 5.89. The van der Waals surface area contributed by atoms with Crippen LogP contribution in [-0.2, 0) is 6.42 Å². The maximum absolute atomic E-state index is 13.7. The summed E-state index contributed by atoms with van der Waals surface area (Å²) in [6, 6.07) is 24.2. The van der Waals surface area contributed by atoms with Gasteiger partial charge in [-0.25, -0.2) is 9.78 Å². The Balaban J connectivity index is 1.83. The number of carbonyl (C=O) groups is 1. The molecule has 1 heterocycles. The molecule has 0 spiro atoms. The van der Waals surface area contributed by atoms with Crippen molar-refractivity contribution < 1.29 is 4.79 Å². The van der Waals surface area contributed by atoms with Crippen molar-refractivity contribution in [2.75, 3.05) is 11.9 Å². The molecule has 1 unspecified atom stereocenters. The van der Waals surface area contributed by atoms with E-state index in [9.17, 15) is 9.59 Å². The molecule has 0 aliphatic rings. The number of hydrogen-bond donors (Lipinski definition) is 1. The number of rotatable bonds is 8. The van der Waals surface area contributed by atoms with Gasteiger partial charge in [0.1, 0.15) is 5.82 Å². The molecule has 0 saturated carbocycles. The van der Waals surface area contributed by atoms with E-state index in [1.54, 1.807) is 10.6 Å². The van der Waals surface area contributed by atoms with E-state index in [0.29, 0.717) is 29.7 Å². The van der Waals surface area contributed by atoms with Crippen molar-refractivity contribution in [3.63, 3.8) is 0 Å². The van der Waals surface area contributed by atoms with E-state index in [-0.39, 0.29) is 17.5 Å². The van der Waals surface area contributed by atoms with Gasteiger partial charge in [-0.15, -0.1) is 0 Å². The van der Waals surface area contributed by atoms with Gasteiger partial charge in [-0.2, -0.15) is 0 Å². The molecule has 1 aromatic heterocycles. The minimum Gasteiger partial charge on any atom is -0.314 e. The van der Waals surface area contributed by atoms with Gasteiger partial charge in [0.25, 0.3) is 5.56 Å². The lowest BCUT2D eigenvalue weighted by Gasteiger charge is -2.33. The minimum atomic E-state index is -0.403. The predicted octanol–water partition coefficient (Wildman–Crippen LogP) is 6.59. The van der Waals surface area contributed by atoms with Crippen LogP contribution >= 0.6 is 0 Å². The van der Waals surface area contributed by atoms with Gasteiger partial charge in [0, 0.05) is 12.2 Å². The molecule has 0 aliphatic heterocycles. The fourth-order valence-corrected chi connectivity index (χ4v) is 4.51. The second-order valence-electron chi connectivity index (χ2n) is 9.41. The molecule has 0 fully saturated rings. The van der Waals surface area contributed by atoms with Gasteiger partial charge < -0.3 is 10.2 Å². The quantitative estimate of drug-likeness (QED) is 0.308. The molecule has 0 aliphatic carbocycles. The Morgan fingerprint density at radius 1 is 0.944 bits per heavy atom. The molecule has 2 amide bonds. The zero-order chi connectivity index (χ0) is 25.7. The Labute approximate surface area is 212 Å².